The van der Waals surface area contributed by atoms with Crippen LogP contribution in [0, 0.1) is 5.82 Å². The summed E-state index contributed by atoms with van der Waals surface area (Å²) in [4.78, 5) is 1.96. The Balaban J connectivity index is 2.94. The number of anilines is 1. The van der Waals surface area contributed by atoms with Crippen molar-refractivity contribution in [3.05, 3.63) is 24.0 Å². The van der Waals surface area contributed by atoms with Crippen molar-refractivity contribution in [2.24, 2.45) is 0 Å². The third-order valence-corrected chi connectivity index (χ3v) is 5.00. The van der Waals surface area contributed by atoms with E-state index in [0.29, 0.717) is 13.1 Å². The summed E-state index contributed by atoms with van der Waals surface area (Å²) in [5.74, 6) is -0.544. The number of benzene rings is 1. The number of sulfonamides is 1. The highest BCUT2D eigenvalue weighted by atomic mass is 32.2. The van der Waals surface area contributed by atoms with Crippen molar-refractivity contribution in [2.45, 2.75) is 18.2 Å². The van der Waals surface area contributed by atoms with E-state index in [1.807, 2.05) is 19.0 Å². The van der Waals surface area contributed by atoms with Crippen LogP contribution in [0.15, 0.2) is 23.1 Å². The Morgan fingerprint density at radius 3 is 2.40 bits per heavy atom. The van der Waals surface area contributed by atoms with Crippen LogP contribution in [0.25, 0.3) is 0 Å². The molecule has 7 heteroatoms. The molecule has 20 heavy (non-hydrogen) atoms. The molecule has 0 unspecified atom stereocenters. The lowest BCUT2D eigenvalue weighted by Gasteiger charge is -2.22. The molecule has 1 aromatic rings. The SMILES string of the molecule is CCN(CCCN(C)C)S(=O)(=O)c1ccc(F)cc1N. The summed E-state index contributed by atoms with van der Waals surface area (Å²) in [6.07, 6.45) is 0.723. The fourth-order valence-corrected chi connectivity index (χ4v) is 3.49. The van der Waals surface area contributed by atoms with Gasteiger partial charge in [-0.15, -0.1) is 0 Å². The van der Waals surface area contributed by atoms with Gasteiger partial charge in [-0.1, -0.05) is 6.92 Å². The normalized spacial score (nSPS) is 12.3. The summed E-state index contributed by atoms with van der Waals surface area (Å²) in [6, 6.07) is 3.35. The molecule has 114 valence electrons. The Hall–Kier alpha value is -1.18. The van der Waals surface area contributed by atoms with Gasteiger partial charge in [0.15, 0.2) is 0 Å². The molecular weight excluding hydrogens is 281 g/mol. The van der Waals surface area contributed by atoms with Crippen LogP contribution in [0.2, 0.25) is 0 Å². The average molecular weight is 303 g/mol. The molecule has 0 spiro atoms. The van der Waals surface area contributed by atoms with Crippen molar-refractivity contribution in [3.8, 4) is 0 Å². The molecule has 0 amide bonds. The molecule has 0 aliphatic rings. The lowest BCUT2D eigenvalue weighted by molar-refractivity contribution is 0.356. The molecule has 1 rings (SSSR count). The molecule has 2 N–H and O–H groups in total. The number of rotatable bonds is 7. The molecular formula is C13H22FN3O2S. The predicted molar refractivity (Wildman–Crippen MR) is 78.4 cm³/mol. The van der Waals surface area contributed by atoms with Crippen LogP contribution in [0.4, 0.5) is 10.1 Å². The van der Waals surface area contributed by atoms with E-state index in [1.54, 1.807) is 6.92 Å². The second-order valence-electron chi connectivity index (χ2n) is 4.84. The molecule has 0 fully saturated rings. The minimum atomic E-state index is -3.67. The van der Waals surface area contributed by atoms with Crippen molar-refractivity contribution >= 4 is 15.7 Å². The second-order valence-corrected chi connectivity index (χ2v) is 6.74. The molecule has 0 radical (unpaired) electrons. The highest BCUT2D eigenvalue weighted by Crippen LogP contribution is 2.23. The zero-order valence-electron chi connectivity index (χ0n) is 12.1. The molecule has 0 heterocycles. The molecule has 0 aliphatic heterocycles. The lowest BCUT2D eigenvalue weighted by atomic mass is 10.3. The number of halogens is 1. The van der Waals surface area contributed by atoms with Crippen molar-refractivity contribution in [1.82, 2.24) is 9.21 Å². The van der Waals surface area contributed by atoms with E-state index in [9.17, 15) is 12.8 Å². The zero-order valence-corrected chi connectivity index (χ0v) is 13.0. The van der Waals surface area contributed by atoms with Crippen LogP contribution in [0.1, 0.15) is 13.3 Å². The molecule has 5 nitrogen and oxygen atoms in total. The van der Waals surface area contributed by atoms with E-state index in [-0.39, 0.29) is 10.6 Å². The Bertz CT molecular complexity index is 547. The van der Waals surface area contributed by atoms with Gasteiger partial charge in [0.2, 0.25) is 10.0 Å². The highest BCUT2D eigenvalue weighted by molar-refractivity contribution is 7.89. The second kappa shape index (κ2) is 7.01. The van der Waals surface area contributed by atoms with Gasteiger partial charge >= 0.3 is 0 Å². The summed E-state index contributed by atoms with van der Waals surface area (Å²) in [5.41, 5.74) is 5.56. The number of nitrogen functional groups attached to an aromatic ring is 1. The topological polar surface area (TPSA) is 66.6 Å². The first-order valence-corrected chi connectivity index (χ1v) is 7.93. The summed E-state index contributed by atoms with van der Waals surface area (Å²) in [5, 5.41) is 0. The monoisotopic (exact) mass is 303 g/mol. The molecule has 0 saturated carbocycles. The maximum Gasteiger partial charge on any atom is 0.245 e. The maximum atomic E-state index is 13.0. The fraction of sp³-hybridized carbons (Fsp3) is 0.538. The number of nitrogens with two attached hydrogens (primary N) is 1. The third-order valence-electron chi connectivity index (χ3n) is 2.96. The van der Waals surface area contributed by atoms with Crippen molar-refractivity contribution < 1.29 is 12.8 Å². The van der Waals surface area contributed by atoms with E-state index in [4.69, 9.17) is 5.73 Å². The highest BCUT2D eigenvalue weighted by Gasteiger charge is 2.25. The molecule has 0 aromatic heterocycles. The first-order valence-electron chi connectivity index (χ1n) is 6.49. The average Bonchev–Trinajstić information content (AvgIpc) is 2.33. The first kappa shape index (κ1) is 16.9. The molecule has 0 aliphatic carbocycles. The van der Waals surface area contributed by atoms with Gasteiger partial charge in [-0.2, -0.15) is 4.31 Å². The van der Waals surface area contributed by atoms with Crippen LogP contribution in [0.3, 0.4) is 0 Å². The molecule has 0 bridgehead atoms. The van der Waals surface area contributed by atoms with E-state index in [1.165, 1.54) is 10.4 Å². The molecule has 1 aromatic carbocycles. The largest absolute Gasteiger partial charge is 0.398 e. The van der Waals surface area contributed by atoms with Gasteiger partial charge in [-0.05, 0) is 45.3 Å². The zero-order chi connectivity index (χ0) is 15.3. The van der Waals surface area contributed by atoms with Gasteiger partial charge in [0.05, 0.1) is 5.69 Å². The minimum Gasteiger partial charge on any atom is -0.398 e. The van der Waals surface area contributed by atoms with E-state index < -0.39 is 15.8 Å². The van der Waals surface area contributed by atoms with Crippen LogP contribution in [-0.2, 0) is 10.0 Å². The van der Waals surface area contributed by atoms with Crippen LogP contribution in [0.5, 0.6) is 0 Å². The third kappa shape index (κ3) is 4.16. The van der Waals surface area contributed by atoms with Crippen LogP contribution >= 0.6 is 0 Å². The number of hydrogen-bond donors (Lipinski definition) is 1. The van der Waals surface area contributed by atoms with Gasteiger partial charge in [0.1, 0.15) is 10.7 Å². The first-order chi connectivity index (χ1) is 9.28. The minimum absolute atomic E-state index is 0.0365. The molecule has 0 atom stereocenters. The Morgan fingerprint density at radius 2 is 1.90 bits per heavy atom. The van der Waals surface area contributed by atoms with Crippen LogP contribution in [-0.4, -0.2) is 51.4 Å². The Kier molecular flexibility index (Phi) is 5.91. The summed E-state index contributed by atoms with van der Waals surface area (Å²) < 4.78 is 39.3. The Labute approximate surface area is 120 Å². The van der Waals surface area contributed by atoms with Gasteiger partial charge in [-0.25, -0.2) is 12.8 Å². The van der Waals surface area contributed by atoms with Gasteiger partial charge in [0, 0.05) is 13.1 Å². The standard InChI is InChI=1S/C13H22FN3O2S/c1-4-17(9-5-8-16(2)3)20(18,19)13-7-6-11(14)10-12(13)15/h6-7,10H,4-5,8-9,15H2,1-3H3. The van der Waals surface area contributed by atoms with E-state index >= 15 is 0 Å². The van der Waals surface area contributed by atoms with Crippen molar-refractivity contribution in [1.29, 1.82) is 0 Å². The van der Waals surface area contributed by atoms with E-state index in [0.717, 1.165) is 25.1 Å². The van der Waals surface area contributed by atoms with Crippen LogP contribution < -0.4 is 5.73 Å². The summed E-state index contributed by atoms with van der Waals surface area (Å²) in [6.45, 7) is 3.33. The van der Waals surface area contributed by atoms with Crippen molar-refractivity contribution in [2.75, 3.05) is 39.5 Å². The van der Waals surface area contributed by atoms with Crippen molar-refractivity contribution in [3.63, 3.8) is 0 Å². The maximum absolute atomic E-state index is 13.0. The lowest BCUT2D eigenvalue weighted by Crippen LogP contribution is -2.33. The molecule has 0 saturated heterocycles. The summed E-state index contributed by atoms with van der Waals surface area (Å²) >= 11 is 0. The van der Waals surface area contributed by atoms with Gasteiger partial charge < -0.3 is 10.6 Å². The predicted octanol–water partition coefficient (Wildman–Crippen LogP) is 1.37. The number of hydrogen-bond acceptors (Lipinski definition) is 4. The quantitative estimate of drug-likeness (QED) is 0.773. The van der Waals surface area contributed by atoms with Gasteiger partial charge in [-0.3, -0.25) is 0 Å². The summed E-state index contributed by atoms with van der Waals surface area (Å²) in [7, 11) is 0.193. The fourth-order valence-electron chi connectivity index (χ4n) is 1.90. The Morgan fingerprint density at radius 1 is 1.25 bits per heavy atom. The van der Waals surface area contributed by atoms with Gasteiger partial charge in [0.25, 0.3) is 0 Å². The smallest absolute Gasteiger partial charge is 0.245 e. The van der Waals surface area contributed by atoms with E-state index in [2.05, 4.69) is 0 Å². The number of nitrogens with zero attached hydrogens (tertiary/aromatic N) is 2.